The van der Waals surface area contributed by atoms with E-state index < -0.39 is 6.10 Å². The summed E-state index contributed by atoms with van der Waals surface area (Å²) in [6.45, 7) is 11.3. The third kappa shape index (κ3) is 45.5. The Morgan fingerprint density at radius 3 is 0.845 bits per heavy atom. The quantitative estimate of drug-likeness (QED) is 0.0346. The number of hydrogen-bond acceptors (Lipinski definition) is 6. The second-order valence-corrected chi connectivity index (χ2v) is 18.8. The van der Waals surface area contributed by atoms with Crippen molar-refractivity contribution in [1.82, 2.24) is 0 Å². The van der Waals surface area contributed by atoms with Gasteiger partial charge in [-0.3, -0.25) is 14.4 Å². The maximum Gasteiger partial charge on any atom is 0.306 e. The first-order chi connectivity index (χ1) is 28.2. The molecule has 0 aromatic carbocycles. The van der Waals surface area contributed by atoms with Crippen LogP contribution < -0.4 is 0 Å². The topological polar surface area (TPSA) is 78.9 Å². The second-order valence-electron chi connectivity index (χ2n) is 18.8. The molecule has 0 aliphatic carbocycles. The number of ether oxygens (including phenoxy) is 3. The first-order valence-corrected chi connectivity index (χ1v) is 25.7. The fourth-order valence-corrected chi connectivity index (χ4v) is 7.81. The highest BCUT2D eigenvalue weighted by Gasteiger charge is 2.19. The van der Waals surface area contributed by atoms with Gasteiger partial charge in [-0.15, -0.1) is 0 Å². The largest absolute Gasteiger partial charge is 0.462 e. The number of carbonyl (C=O) groups is 3. The second kappa shape index (κ2) is 44.9. The van der Waals surface area contributed by atoms with Crippen LogP contribution in [-0.4, -0.2) is 37.2 Å². The summed E-state index contributed by atoms with van der Waals surface area (Å²) in [5, 5.41) is 0. The Morgan fingerprint density at radius 1 is 0.328 bits per heavy atom. The monoisotopic (exact) mass is 821 g/mol. The van der Waals surface area contributed by atoms with E-state index in [4.69, 9.17) is 14.2 Å². The molecule has 0 radical (unpaired) electrons. The molecule has 6 heteroatoms. The Bertz CT molecular complexity index is 885. The highest BCUT2D eigenvalue weighted by molar-refractivity contribution is 5.71. The lowest BCUT2D eigenvalue weighted by molar-refractivity contribution is -0.167. The summed E-state index contributed by atoms with van der Waals surface area (Å²) in [5.74, 6) is 0.778. The van der Waals surface area contributed by atoms with Crippen LogP contribution in [0.25, 0.3) is 0 Å². The van der Waals surface area contributed by atoms with Crippen LogP contribution in [0, 0.1) is 11.8 Å². The van der Waals surface area contributed by atoms with Crippen LogP contribution in [0.4, 0.5) is 0 Å². The van der Waals surface area contributed by atoms with Gasteiger partial charge in [0.05, 0.1) is 0 Å². The highest BCUT2D eigenvalue weighted by Crippen LogP contribution is 2.17. The maximum atomic E-state index is 12.8. The van der Waals surface area contributed by atoms with Crippen LogP contribution in [0.3, 0.4) is 0 Å². The molecule has 0 bridgehead atoms. The van der Waals surface area contributed by atoms with E-state index in [1.165, 1.54) is 173 Å². The summed E-state index contributed by atoms with van der Waals surface area (Å²) in [7, 11) is 0. The average molecular weight is 821 g/mol. The van der Waals surface area contributed by atoms with Crippen molar-refractivity contribution in [1.29, 1.82) is 0 Å². The molecule has 0 unspecified atom stereocenters. The first kappa shape index (κ1) is 56.4. The molecular formula is C52H100O6. The molecule has 1 atom stereocenters. The van der Waals surface area contributed by atoms with Gasteiger partial charge in [0, 0.05) is 19.3 Å². The molecule has 0 rings (SSSR count). The van der Waals surface area contributed by atoms with Gasteiger partial charge in [0.1, 0.15) is 13.2 Å². The molecule has 0 aromatic heterocycles. The fourth-order valence-electron chi connectivity index (χ4n) is 7.81. The van der Waals surface area contributed by atoms with E-state index in [1.54, 1.807) is 0 Å². The Labute approximate surface area is 361 Å². The minimum Gasteiger partial charge on any atom is -0.462 e. The lowest BCUT2D eigenvalue weighted by Gasteiger charge is -2.18. The van der Waals surface area contributed by atoms with Crippen molar-refractivity contribution in [3.8, 4) is 0 Å². The number of unbranched alkanes of at least 4 members (excludes halogenated alkanes) is 31. The van der Waals surface area contributed by atoms with Gasteiger partial charge in [0.15, 0.2) is 6.10 Å². The summed E-state index contributed by atoms with van der Waals surface area (Å²) in [6, 6.07) is 0. The lowest BCUT2D eigenvalue weighted by Crippen LogP contribution is -2.30. The number of carbonyl (C=O) groups excluding carboxylic acids is 3. The third-order valence-electron chi connectivity index (χ3n) is 11.7. The van der Waals surface area contributed by atoms with E-state index >= 15 is 0 Å². The molecule has 344 valence electrons. The van der Waals surface area contributed by atoms with Gasteiger partial charge >= 0.3 is 17.9 Å². The van der Waals surface area contributed by atoms with Crippen molar-refractivity contribution in [2.45, 2.75) is 291 Å². The van der Waals surface area contributed by atoms with E-state index in [0.717, 1.165) is 69.6 Å². The molecule has 0 fully saturated rings. The minimum absolute atomic E-state index is 0.0641. The Morgan fingerprint density at radius 2 is 0.569 bits per heavy atom. The standard InChI is InChI=1S/C52H100O6/c1-6-7-8-9-10-11-12-19-22-27-32-37-42-50(53)56-45-49(46-57-51(54)43-38-33-29-24-26-31-36-41-48(4)5)58-52(55)44-39-34-28-23-20-17-15-13-14-16-18-21-25-30-35-40-47(2)3/h47-49H,6-46H2,1-5H3/t49-/m0/s1. The van der Waals surface area contributed by atoms with E-state index in [-0.39, 0.29) is 31.1 Å². The Kier molecular flexibility index (Phi) is 43.7. The molecule has 0 heterocycles. The van der Waals surface area contributed by atoms with Crippen LogP contribution in [0.5, 0.6) is 0 Å². The molecule has 0 aliphatic rings. The van der Waals surface area contributed by atoms with Crippen molar-refractivity contribution < 1.29 is 28.6 Å². The van der Waals surface area contributed by atoms with Crippen molar-refractivity contribution in [3.05, 3.63) is 0 Å². The predicted octanol–water partition coefficient (Wildman–Crippen LogP) is 16.5. The maximum absolute atomic E-state index is 12.8. The number of rotatable bonds is 46. The van der Waals surface area contributed by atoms with Gasteiger partial charge in [-0.25, -0.2) is 0 Å². The molecule has 0 saturated carbocycles. The van der Waals surface area contributed by atoms with Crippen LogP contribution >= 0.6 is 0 Å². The summed E-state index contributed by atoms with van der Waals surface area (Å²) < 4.78 is 16.8. The molecule has 0 saturated heterocycles. The average Bonchev–Trinajstić information content (AvgIpc) is 3.19. The van der Waals surface area contributed by atoms with Gasteiger partial charge in [0.25, 0.3) is 0 Å². The molecule has 58 heavy (non-hydrogen) atoms. The summed E-state index contributed by atoms with van der Waals surface area (Å²) >= 11 is 0. The zero-order valence-electron chi connectivity index (χ0n) is 39.7. The minimum atomic E-state index is -0.761. The molecular weight excluding hydrogens is 721 g/mol. The van der Waals surface area contributed by atoms with Gasteiger partial charge in [-0.1, -0.05) is 247 Å². The van der Waals surface area contributed by atoms with Gasteiger partial charge in [-0.05, 0) is 31.1 Å². The van der Waals surface area contributed by atoms with Crippen molar-refractivity contribution in [2.24, 2.45) is 11.8 Å². The van der Waals surface area contributed by atoms with Crippen LogP contribution in [-0.2, 0) is 28.6 Å². The molecule has 0 amide bonds. The number of esters is 3. The van der Waals surface area contributed by atoms with Crippen molar-refractivity contribution in [3.63, 3.8) is 0 Å². The van der Waals surface area contributed by atoms with E-state index in [2.05, 4.69) is 34.6 Å². The zero-order chi connectivity index (χ0) is 42.6. The normalized spacial score (nSPS) is 12.1. The smallest absolute Gasteiger partial charge is 0.306 e. The van der Waals surface area contributed by atoms with E-state index in [1.807, 2.05) is 0 Å². The Hall–Kier alpha value is -1.59. The first-order valence-electron chi connectivity index (χ1n) is 25.7. The summed E-state index contributed by atoms with van der Waals surface area (Å²) in [6.07, 6.45) is 45.2. The van der Waals surface area contributed by atoms with Gasteiger partial charge < -0.3 is 14.2 Å². The summed E-state index contributed by atoms with van der Waals surface area (Å²) in [4.78, 5) is 37.9. The fraction of sp³-hybridized carbons (Fsp3) is 0.942. The molecule has 0 aromatic rings. The molecule has 0 spiro atoms. The summed E-state index contributed by atoms with van der Waals surface area (Å²) in [5.41, 5.74) is 0. The third-order valence-corrected chi connectivity index (χ3v) is 11.7. The van der Waals surface area contributed by atoms with Gasteiger partial charge in [0.2, 0.25) is 0 Å². The van der Waals surface area contributed by atoms with Crippen molar-refractivity contribution >= 4 is 17.9 Å². The van der Waals surface area contributed by atoms with Crippen LogP contribution in [0.15, 0.2) is 0 Å². The lowest BCUT2D eigenvalue weighted by atomic mass is 10.0. The SMILES string of the molecule is CCCCCCCCCCCCCCC(=O)OC[C@@H](COC(=O)CCCCCCCCCC(C)C)OC(=O)CCCCCCCCCCCCCCCCCC(C)C. The van der Waals surface area contributed by atoms with Crippen LogP contribution in [0.1, 0.15) is 285 Å². The predicted molar refractivity (Wildman–Crippen MR) is 247 cm³/mol. The highest BCUT2D eigenvalue weighted by atomic mass is 16.6. The van der Waals surface area contributed by atoms with E-state index in [9.17, 15) is 14.4 Å². The Balaban J connectivity index is 4.27. The van der Waals surface area contributed by atoms with E-state index in [0.29, 0.717) is 19.3 Å². The van der Waals surface area contributed by atoms with Gasteiger partial charge in [-0.2, -0.15) is 0 Å². The number of hydrogen-bond donors (Lipinski definition) is 0. The zero-order valence-corrected chi connectivity index (χ0v) is 39.7. The van der Waals surface area contributed by atoms with Crippen LogP contribution in [0.2, 0.25) is 0 Å². The molecule has 0 aliphatic heterocycles. The van der Waals surface area contributed by atoms with Crippen molar-refractivity contribution in [2.75, 3.05) is 13.2 Å². The molecule has 6 nitrogen and oxygen atoms in total. The molecule has 0 N–H and O–H groups in total.